The van der Waals surface area contributed by atoms with Gasteiger partial charge in [-0.15, -0.1) is 12.4 Å². The molecule has 0 aliphatic carbocycles. The quantitative estimate of drug-likeness (QED) is 0.0717. The second-order valence-electron chi connectivity index (χ2n) is 15.8. The number of hydrogen-bond donors (Lipinski definition) is 18. The Labute approximate surface area is 552 Å². The number of guanidine groups is 2. The summed E-state index contributed by atoms with van der Waals surface area (Å²) in [5, 5.41) is 30.6. The van der Waals surface area contributed by atoms with E-state index in [2.05, 4.69) is 95.7 Å². The average molecular weight is 1330 g/mol. The number of anilines is 1. The van der Waals surface area contributed by atoms with E-state index < -0.39 is 0 Å². The molecule has 4 aromatic heterocycles. The Morgan fingerprint density at radius 2 is 1.25 bits per heavy atom. The van der Waals surface area contributed by atoms with Gasteiger partial charge in [-0.1, -0.05) is 58.6 Å². The van der Waals surface area contributed by atoms with E-state index in [1.807, 2.05) is 54.7 Å². The van der Waals surface area contributed by atoms with Crippen LogP contribution in [0.3, 0.4) is 0 Å². The van der Waals surface area contributed by atoms with Crippen LogP contribution in [0, 0.1) is 5.41 Å². The first-order valence-corrected chi connectivity index (χ1v) is 30.9. The van der Waals surface area contributed by atoms with Crippen molar-refractivity contribution in [1.82, 2.24) is 65.4 Å². The maximum absolute atomic E-state index is 6.83. The summed E-state index contributed by atoms with van der Waals surface area (Å²) in [4.78, 5) is 35.6. The van der Waals surface area contributed by atoms with Gasteiger partial charge in [0.2, 0.25) is 5.96 Å². The summed E-state index contributed by atoms with van der Waals surface area (Å²) < 4.78 is 9.63. The molecule has 31 nitrogen and oxygen atoms in total. The van der Waals surface area contributed by atoms with Crippen molar-refractivity contribution in [2.24, 2.45) is 82.3 Å². The number of nitrogen functional groups attached to an aromatic ring is 1. The Kier molecular flexibility index (Phi) is 83.8. The monoisotopic (exact) mass is 1330 g/mol. The molecule has 512 valence electrons. The van der Waals surface area contributed by atoms with Gasteiger partial charge in [0.05, 0.1) is 31.0 Å². The highest BCUT2D eigenvalue weighted by molar-refractivity contribution is 8.13. The number of ether oxygens (including phenoxy) is 1. The van der Waals surface area contributed by atoms with Gasteiger partial charge in [-0.05, 0) is 97.7 Å². The minimum atomic E-state index is -0.0602. The van der Waals surface area contributed by atoms with Crippen LogP contribution in [0.2, 0.25) is 0 Å². The maximum atomic E-state index is 6.83. The lowest BCUT2D eigenvalue weighted by molar-refractivity contribution is 0.395. The molecule has 89 heavy (non-hydrogen) atoms. The number of thioether (sulfide) groups is 1. The Hall–Kier alpha value is -7.60. The van der Waals surface area contributed by atoms with Gasteiger partial charge < -0.3 is 99.0 Å². The molecule has 0 fully saturated rings. The maximum Gasteiger partial charge on any atom is 0.213 e. The van der Waals surface area contributed by atoms with Gasteiger partial charge in [0.25, 0.3) is 0 Å². The van der Waals surface area contributed by atoms with Crippen molar-refractivity contribution in [2.75, 3.05) is 110 Å². The van der Waals surface area contributed by atoms with Gasteiger partial charge in [-0.2, -0.15) is 5.10 Å². The molecule has 0 saturated carbocycles. The number of aliphatic imine (C=N–C) groups is 5. The summed E-state index contributed by atoms with van der Waals surface area (Å²) in [6.07, 6.45) is 30.0. The molecule has 4 aromatic rings. The zero-order chi connectivity index (χ0) is 67.7. The van der Waals surface area contributed by atoms with E-state index in [0.717, 1.165) is 132 Å². The summed E-state index contributed by atoms with van der Waals surface area (Å²) >= 11 is 11.6. The Morgan fingerprint density at radius 1 is 0.708 bits per heavy atom. The smallest absolute Gasteiger partial charge is 0.213 e. The highest BCUT2D eigenvalue weighted by Gasteiger charge is 2.04. The number of imidazole rings is 3. The molecule has 0 bridgehead atoms. The van der Waals surface area contributed by atoms with E-state index in [-0.39, 0.29) is 24.3 Å². The molecule has 0 spiro atoms. The first-order chi connectivity index (χ1) is 42.5. The van der Waals surface area contributed by atoms with Gasteiger partial charge in [0.15, 0.2) is 34.0 Å². The molecule has 4 aliphatic rings. The van der Waals surface area contributed by atoms with Crippen molar-refractivity contribution in [2.45, 2.75) is 94.4 Å². The standard InChI is InChI=1S/C7H6N4S.C6H12N2.C5H11N3.C5H9N3.C5H10N2S.C5H9NO.C4H6N4.C4H8N2S.C3H9N3.C2H6N2.4C2H7N.ClH/c12-7(10-3-1-8-5-10)11-4-2-9-6-11;1-2-7-6-4-3-5-8-6;2*1-2-6-5-7-3-4-8-5;1-2-5(8)7-4-3-6;1-7-5-3-2-4-6-5;5-4(6)8-3-1-2-7-8;1-7-4-5-2-3-6-4;1-2-6-3(4)5;3-1-2-4;4*1-2-3;/h1-6H;2-5H2,1H3,(H,7,8);2-4H2,1H3,(H2,6,7,8);3-4H,2H2,1H3,(H2,6,7,8);3-4H,2,6H2,1H3,(H,7,8);2-4H2,1H3;1-3H,(H3,5,6);2-3H2,1H3,(H,5,6);2H2,1H3,(H4,4,5,6);1-2H,3-4H2;4*2-3H2,1H3;1H/b;;;;4-3-;;;;;2-1-;;;;;. The van der Waals surface area contributed by atoms with E-state index in [4.69, 9.17) is 91.9 Å². The fourth-order valence-corrected chi connectivity index (χ4v) is 5.76. The van der Waals surface area contributed by atoms with Crippen LogP contribution >= 0.6 is 48.6 Å². The molecule has 0 radical (unpaired) electrons. The number of aromatic nitrogens is 8. The lowest BCUT2D eigenvalue weighted by Crippen LogP contribution is -2.33. The second-order valence-corrected chi connectivity index (χ2v) is 17.4. The van der Waals surface area contributed by atoms with E-state index in [1.54, 1.807) is 103 Å². The third-order valence-electron chi connectivity index (χ3n) is 8.34. The van der Waals surface area contributed by atoms with Gasteiger partial charge in [0, 0.05) is 140 Å². The summed E-state index contributed by atoms with van der Waals surface area (Å²) in [5.41, 5.74) is 48.8. The van der Waals surface area contributed by atoms with Crippen LogP contribution in [0.15, 0.2) is 118 Å². The van der Waals surface area contributed by atoms with E-state index in [9.17, 15) is 0 Å². The third kappa shape index (κ3) is 71.0. The average Bonchev–Trinajstić information content (AvgIpc) is 3.45. The Balaban J connectivity index is -0.000000166. The number of halogens is 1. The van der Waals surface area contributed by atoms with Crippen LogP contribution in [0.1, 0.15) is 94.4 Å². The second kappa shape index (κ2) is 78.4. The zero-order valence-electron chi connectivity index (χ0n) is 54.8. The molecule has 8 heterocycles. The Morgan fingerprint density at radius 3 is 1.53 bits per heavy atom. The first kappa shape index (κ1) is 95.1. The van der Waals surface area contributed by atoms with Crippen molar-refractivity contribution >= 4 is 99.4 Å². The summed E-state index contributed by atoms with van der Waals surface area (Å²) in [7, 11) is 1.67. The molecular weight excluding hydrogens is 1220 g/mol. The number of thiocarbonyl (C=S) groups is 2. The summed E-state index contributed by atoms with van der Waals surface area (Å²) in [6, 6.07) is 1.71. The van der Waals surface area contributed by atoms with Crippen molar-refractivity contribution in [3.05, 3.63) is 93.1 Å². The number of rotatable bonds is 7. The molecule has 4 aliphatic heterocycles. The van der Waals surface area contributed by atoms with E-state index >= 15 is 0 Å². The predicted molar refractivity (Wildman–Crippen MR) is 391 cm³/mol. The van der Waals surface area contributed by atoms with Crippen molar-refractivity contribution in [3.63, 3.8) is 0 Å². The summed E-state index contributed by atoms with van der Waals surface area (Å²) in [5.74, 6) is 4.01. The molecule has 0 aromatic carbocycles. The number of nitrogens with two attached hydrogens (primary N) is 10. The number of hydrogen-bond acceptors (Lipinski definition) is 26. The largest absolute Gasteiger partial charge is 0.484 e. The van der Waals surface area contributed by atoms with E-state index in [0.29, 0.717) is 11.7 Å². The highest BCUT2D eigenvalue weighted by atomic mass is 35.5. The Bertz CT molecular complexity index is 2190. The lowest BCUT2D eigenvalue weighted by atomic mass is 10.3. The molecule has 0 amide bonds. The number of amidine groups is 2. The third-order valence-corrected chi connectivity index (χ3v) is 9.83. The lowest BCUT2D eigenvalue weighted by Gasteiger charge is -2.02. The fourth-order valence-electron chi connectivity index (χ4n) is 5.01. The zero-order valence-corrected chi connectivity index (χ0v) is 58.0. The van der Waals surface area contributed by atoms with Crippen molar-refractivity contribution in [3.8, 4) is 0 Å². The fraction of sp³-hybridized carbons (Fsp3) is 0.556. The van der Waals surface area contributed by atoms with Crippen LogP contribution in [0.25, 0.3) is 0 Å². The number of H-pyrrole nitrogens is 1. The van der Waals surface area contributed by atoms with Crippen molar-refractivity contribution < 1.29 is 4.74 Å². The molecule has 0 unspecified atom stereocenters. The molecule has 28 N–H and O–H groups in total. The predicted octanol–water partition coefficient (Wildman–Crippen LogP) is 2.38. The first-order valence-electron chi connectivity index (χ1n) is 28.9. The minimum absolute atomic E-state index is 0. The molecule has 0 atom stereocenters. The molecule has 8 rings (SSSR count). The number of methoxy groups -OCH3 is 1. The van der Waals surface area contributed by atoms with Gasteiger partial charge in [0.1, 0.15) is 12.7 Å². The van der Waals surface area contributed by atoms with Crippen molar-refractivity contribution in [1.29, 1.82) is 5.41 Å². The van der Waals surface area contributed by atoms with Crippen LogP contribution in [0.4, 0.5) is 5.95 Å². The topological polar surface area (TPSA) is 509 Å². The van der Waals surface area contributed by atoms with Crippen LogP contribution < -0.4 is 89.2 Å². The van der Waals surface area contributed by atoms with Crippen LogP contribution in [0.5, 0.6) is 0 Å². The number of nitrogens with one attached hydrogen (secondary N) is 8. The minimum Gasteiger partial charge on any atom is -0.484 e. The van der Waals surface area contributed by atoms with Crippen LogP contribution in [-0.2, 0) is 4.74 Å². The normalized spacial score (nSPS) is 11.8. The molecule has 0 saturated heterocycles. The SMILES string of the molecule is CCC(=S)N/C=C\N.CCN.CCN.CCN.CCN.CCN=C(N)N.CCNC1=NCCC1.CCNC1=NCCN1.CCNc1ncc[nH]1.COC1=NCCC1.CSC1=NCCN1.Cl.N/C=C\N.N=C(N)n1cccn1.S=C(n1ccnc1)n1ccnc1. The molecular formula is C54H115ClN30OS3. The summed E-state index contributed by atoms with van der Waals surface area (Å²) in [6.45, 7) is 30.1. The van der Waals surface area contributed by atoms with Crippen LogP contribution in [-0.4, -0.2) is 189 Å². The van der Waals surface area contributed by atoms with Gasteiger partial charge in [-0.25, -0.2) is 19.6 Å². The number of aromatic amines is 1. The highest BCUT2D eigenvalue weighted by Crippen LogP contribution is 2.03. The van der Waals surface area contributed by atoms with Gasteiger partial charge in [-0.3, -0.25) is 39.5 Å². The molecule has 35 heteroatoms. The van der Waals surface area contributed by atoms with Gasteiger partial charge >= 0.3 is 0 Å². The van der Waals surface area contributed by atoms with E-state index in [1.165, 1.54) is 42.0 Å². The number of nitrogens with zero attached hydrogens (tertiary/aromatic N) is 12.